The van der Waals surface area contributed by atoms with Crippen molar-refractivity contribution >= 4 is 9.84 Å². The Balaban J connectivity index is 1.93. The minimum Gasteiger partial charge on any atom is -0.299 e. The molecule has 2 rings (SSSR count). The molecule has 1 aliphatic heterocycles. The van der Waals surface area contributed by atoms with Crippen molar-refractivity contribution in [2.24, 2.45) is 0 Å². The lowest BCUT2D eigenvalue weighted by molar-refractivity contribution is 0.149. The number of nitrogens with zero attached hydrogens (tertiary/aromatic N) is 1. The molecule has 0 amide bonds. The first-order valence-corrected chi connectivity index (χ1v) is 7.83. The monoisotopic (exact) mass is 231 g/mol. The molecule has 0 N–H and O–H groups in total. The summed E-state index contributed by atoms with van der Waals surface area (Å²) in [4.78, 5) is 2.34. The molecule has 1 heterocycles. The van der Waals surface area contributed by atoms with E-state index in [2.05, 4.69) is 11.9 Å². The molecule has 0 aromatic carbocycles. The molecule has 0 bridgehead atoms. The molecule has 1 saturated carbocycles. The van der Waals surface area contributed by atoms with Crippen molar-refractivity contribution in [3.8, 4) is 0 Å². The van der Waals surface area contributed by atoms with Crippen LogP contribution in [0, 0.1) is 0 Å². The van der Waals surface area contributed by atoms with Gasteiger partial charge in [0.1, 0.15) is 0 Å². The first-order valence-electron chi connectivity index (χ1n) is 6.01. The van der Waals surface area contributed by atoms with Gasteiger partial charge in [-0.1, -0.05) is 19.3 Å². The first kappa shape index (κ1) is 11.4. The third kappa shape index (κ3) is 2.72. The predicted octanol–water partition coefficient (Wildman–Crippen LogP) is 1.44. The Morgan fingerprint density at radius 1 is 1.00 bits per heavy atom. The number of rotatable bonds is 2. The van der Waals surface area contributed by atoms with Crippen molar-refractivity contribution < 1.29 is 8.42 Å². The molecule has 1 atom stereocenters. The number of hydrogen-bond donors (Lipinski definition) is 0. The highest BCUT2D eigenvalue weighted by molar-refractivity contribution is 7.91. The van der Waals surface area contributed by atoms with Gasteiger partial charge in [-0.05, 0) is 26.3 Å². The highest BCUT2D eigenvalue weighted by Crippen LogP contribution is 2.26. The summed E-state index contributed by atoms with van der Waals surface area (Å²) in [5.74, 6) is 0.786. The lowest BCUT2D eigenvalue weighted by atomic mass is 9.93. The van der Waals surface area contributed by atoms with Gasteiger partial charge in [0.15, 0.2) is 9.84 Å². The second-order valence-corrected chi connectivity index (χ2v) is 7.24. The molecule has 1 unspecified atom stereocenters. The van der Waals surface area contributed by atoms with E-state index in [1.54, 1.807) is 0 Å². The van der Waals surface area contributed by atoms with Crippen LogP contribution in [-0.4, -0.2) is 44.0 Å². The number of hydrogen-bond acceptors (Lipinski definition) is 3. The van der Waals surface area contributed by atoms with Crippen LogP contribution in [0.15, 0.2) is 0 Å². The van der Waals surface area contributed by atoms with Crippen LogP contribution in [-0.2, 0) is 9.84 Å². The third-order valence-corrected chi connectivity index (χ3v) is 5.69. The van der Waals surface area contributed by atoms with Gasteiger partial charge in [0.25, 0.3) is 0 Å². The van der Waals surface area contributed by atoms with Gasteiger partial charge < -0.3 is 0 Å². The molecular formula is C11H21NO2S. The van der Waals surface area contributed by atoms with Gasteiger partial charge >= 0.3 is 0 Å². The minimum atomic E-state index is -2.72. The zero-order valence-corrected chi connectivity index (χ0v) is 10.3. The summed E-state index contributed by atoms with van der Waals surface area (Å²) in [6, 6.07) is 0.926. The van der Waals surface area contributed by atoms with Crippen molar-refractivity contribution in [1.29, 1.82) is 0 Å². The minimum absolute atomic E-state index is 0.290. The van der Waals surface area contributed by atoms with Gasteiger partial charge in [-0.2, -0.15) is 0 Å². The second-order valence-electron chi connectivity index (χ2n) is 5.01. The normalized spacial score (nSPS) is 32.3. The van der Waals surface area contributed by atoms with E-state index in [0.717, 1.165) is 6.42 Å². The Kier molecular flexibility index (Phi) is 3.36. The van der Waals surface area contributed by atoms with E-state index in [4.69, 9.17) is 0 Å². The van der Waals surface area contributed by atoms with Gasteiger partial charge in [0.2, 0.25) is 0 Å². The molecule has 2 aliphatic rings. The average Bonchev–Trinajstić information content (AvgIpc) is 2.59. The van der Waals surface area contributed by atoms with Crippen molar-refractivity contribution in [2.75, 3.05) is 18.6 Å². The zero-order chi connectivity index (χ0) is 10.9. The molecule has 2 fully saturated rings. The fourth-order valence-electron chi connectivity index (χ4n) is 2.88. The van der Waals surface area contributed by atoms with Crippen LogP contribution >= 0.6 is 0 Å². The lowest BCUT2D eigenvalue weighted by Crippen LogP contribution is -2.41. The summed E-state index contributed by atoms with van der Waals surface area (Å²) < 4.78 is 22.8. The van der Waals surface area contributed by atoms with Crippen LogP contribution in [0.4, 0.5) is 0 Å². The van der Waals surface area contributed by atoms with Gasteiger partial charge in [-0.15, -0.1) is 0 Å². The van der Waals surface area contributed by atoms with Crippen molar-refractivity contribution in [3.05, 3.63) is 0 Å². The van der Waals surface area contributed by atoms with E-state index in [1.165, 1.54) is 32.1 Å². The first-order chi connectivity index (χ1) is 7.08. The topological polar surface area (TPSA) is 37.4 Å². The summed E-state index contributed by atoms with van der Waals surface area (Å²) in [6.07, 6.45) is 7.34. The van der Waals surface area contributed by atoms with Crippen molar-refractivity contribution in [2.45, 2.75) is 50.6 Å². The second kappa shape index (κ2) is 4.42. The largest absolute Gasteiger partial charge is 0.299 e. The molecule has 3 nitrogen and oxygen atoms in total. The SMILES string of the molecule is CN(C1CCCCC1)C1CCS(=O)(=O)C1. The molecule has 88 valence electrons. The van der Waals surface area contributed by atoms with Crippen LogP contribution < -0.4 is 0 Å². The fourth-order valence-corrected chi connectivity index (χ4v) is 4.67. The van der Waals surface area contributed by atoms with Gasteiger partial charge in [0.05, 0.1) is 11.5 Å². The molecular weight excluding hydrogens is 210 g/mol. The molecule has 1 aliphatic carbocycles. The maximum Gasteiger partial charge on any atom is 0.151 e. The molecule has 0 aromatic heterocycles. The van der Waals surface area contributed by atoms with E-state index in [1.807, 2.05) is 0 Å². The Hall–Kier alpha value is -0.0900. The highest BCUT2D eigenvalue weighted by Gasteiger charge is 2.33. The van der Waals surface area contributed by atoms with Crippen molar-refractivity contribution in [1.82, 2.24) is 4.90 Å². The predicted molar refractivity (Wildman–Crippen MR) is 61.7 cm³/mol. The molecule has 4 heteroatoms. The van der Waals surface area contributed by atoms with E-state index < -0.39 is 9.84 Å². The average molecular weight is 231 g/mol. The van der Waals surface area contributed by atoms with E-state index >= 15 is 0 Å². The lowest BCUT2D eigenvalue weighted by Gasteiger charge is -2.34. The van der Waals surface area contributed by atoms with Gasteiger partial charge in [-0.25, -0.2) is 8.42 Å². The van der Waals surface area contributed by atoms with Crippen LogP contribution in [0.2, 0.25) is 0 Å². The highest BCUT2D eigenvalue weighted by atomic mass is 32.2. The summed E-state index contributed by atoms with van der Waals surface area (Å²) in [5.41, 5.74) is 0. The molecule has 1 saturated heterocycles. The smallest absolute Gasteiger partial charge is 0.151 e. The Labute approximate surface area is 92.8 Å². The van der Waals surface area contributed by atoms with Crippen LogP contribution in [0.5, 0.6) is 0 Å². The van der Waals surface area contributed by atoms with E-state index in [-0.39, 0.29) is 6.04 Å². The standard InChI is InChI=1S/C11H21NO2S/c1-12(10-5-3-2-4-6-10)11-7-8-15(13,14)9-11/h10-11H,2-9H2,1H3. The van der Waals surface area contributed by atoms with Crippen molar-refractivity contribution in [3.63, 3.8) is 0 Å². The third-order valence-electron chi connectivity index (χ3n) is 3.94. The molecule has 15 heavy (non-hydrogen) atoms. The summed E-state index contributed by atoms with van der Waals surface area (Å²) >= 11 is 0. The zero-order valence-electron chi connectivity index (χ0n) is 9.48. The quantitative estimate of drug-likeness (QED) is 0.721. The molecule has 0 aromatic rings. The van der Waals surface area contributed by atoms with E-state index in [0.29, 0.717) is 17.5 Å². The Bertz CT molecular complexity index is 307. The van der Waals surface area contributed by atoms with Gasteiger partial charge in [-0.3, -0.25) is 4.90 Å². The fraction of sp³-hybridized carbons (Fsp3) is 1.00. The van der Waals surface area contributed by atoms with Crippen LogP contribution in [0.3, 0.4) is 0 Å². The maximum absolute atomic E-state index is 11.4. The maximum atomic E-state index is 11.4. The summed E-state index contributed by atoms with van der Waals surface area (Å²) in [5, 5.41) is 0. The Morgan fingerprint density at radius 2 is 1.67 bits per heavy atom. The van der Waals surface area contributed by atoms with Gasteiger partial charge in [0, 0.05) is 12.1 Å². The summed E-state index contributed by atoms with van der Waals surface area (Å²) in [7, 11) is -0.608. The molecule has 0 radical (unpaired) electrons. The number of sulfone groups is 1. The summed E-state index contributed by atoms with van der Waals surface area (Å²) in [6.45, 7) is 0. The van der Waals surface area contributed by atoms with E-state index in [9.17, 15) is 8.42 Å². The van der Waals surface area contributed by atoms with Crippen LogP contribution in [0.1, 0.15) is 38.5 Å². The Morgan fingerprint density at radius 3 is 2.20 bits per heavy atom. The molecule has 0 spiro atoms. The van der Waals surface area contributed by atoms with Crippen LogP contribution in [0.25, 0.3) is 0 Å².